The van der Waals surface area contributed by atoms with Crippen LogP contribution in [0.5, 0.6) is 0 Å². The Morgan fingerprint density at radius 3 is 2.18 bits per heavy atom. The van der Waals surface area contributed by atoms with Gasteiger partial charge in [-0.3, -0.25) is 24.0 Å². The number of carbonyl (C=O) groups excluding carboxylic acids is 3. The summed E-state index contributed by atoms with van der Waals surface area (Å²) in [5, 5.41) is 7.65. The third-order valence-electron chi connectivity index (χ3n) is 6.45. The summed E-state index contributed by atoms with van der Waals surface area (Å²) in [5.74, 6) is -1.49. The monoisotopic (exact) mass is 454 g/mol. The molecule has 0 unspecified atom stereocenters. The van der Waals surface area contributed by atoms with Gasteiger partial charge in [-0.2, -0.15) is 5.10 Å². The maximum Gasteiger partial charge on any atom is 0.240 e. The summed E-state index contributed by atoms with van der Waals surface area (Å²) in [6, 6.07) is 19.9. The van der Waals surface area contributed by atoms with Gasteiger partial charge >= 0.3 is 0 Å². The number of allylic oxidation sites excluding steroid dienone is 2. The largest absolute Gasteiger partial charge is 0.350 e. The van der Waals surface area contributed by atoms with Crippen LogP contribution in [0.15, 0.2) is 79.0 Å². The van der Waals surface area contributed by atoms with E-state index in [0.29, 0.717) is 19.4 Å². The Morgan fingerprint density at radius 2 is 1.53 bits per heavy atom. The van der Waals surface area contributed by atoms with Crippen molar-refractivity contribution in [1.82, 2.24) is 20.0 Å². The first-order valence-electron chi connectivity index (χ1n) is 11.5. The number of aromatic nitrogens is 2. The maximum atomic E-state index is 12.7. The highest BCUT2D eigenvalue weighted by atomic mass is 16.2. The molecule has 172 valence electrons. The van der Waals surface area contributed by atoms with Crippen molar-refractivity contribution in [2.75, 3.05) is 6.54 Å². The fourth-order valence-corrected chi connectivity index (χ4v) is 4.70. The number of nitrogens with one attached hydrogen (secondary N) is 1. The molecule has 0 spiro atoms. The predicted molar refractivity (Wildman–Crippen MR) is 127 cm³/mol. The van der Waals surface area contributed by atoms with E-state index in [0.717, 1.165) is 27.3 Å². The molecule has 7 nitrogen and oxygen atoms in total. The molecule has 1 aromatic heterocycles. The van der Waals surface area contributed by atoms with E-state index < -0.39 is 0 Å². The summed E-state index contributed by atoms with van der Waals surface area (Å²) in [4.78, 5) is 39.1. The average molecular weight is 455 g/mol. The van der Waals surface area contributed by atoms with Crippen LogP contribution in [-0.2, 0) is 27.5 Å². The van der Waals surface area contributed by atoms with Crippen LogP contribution in [0.3, 0.4) is 0 Å². The predicted octanol–water partition coefficient (Wildman–Crippen LogP) is 3.17. The molecular formula is C27H26N4O3. The van der Waals surface area contributed by atoms with Crippen molar-refractivity contribution in [2.24, 2.45) is 11.8 Å². The minimum atomic E-state index is -0.358. The van der Waals surface area contributed by atoms with E-state index in [1.165, 1.54) is 0 Å². The van der Waals surface area contributed by atoms with E-state index in [1.807, 2.05) is 83.7 Å². The molecule has 34 heavy (non-hydrogen) atoms. The first-order valence-corrected chi connectivity index (χ1v) is 11.5. The van der Waals surface area contributed by atoms with Crippen LogP contribution in [0.1, 0.15) is 24.0 Å². The Balaban J connectivity index is 1.29. The fourth-order valence-electron chi connectivity index (χ4n) is 4.70. The summed E-state index contributed by atoms with van der Waals surface area (Å²) in [5.41, 5.74) is 3.75. The summed E-state index contributed by atoms with van der Waals surface area (Å²) in [6.45, 7) is 0.619. The molecule has 0 saturated carbocycles. The molecule has 1 N–H and O–H groups in total. The Bertz CT molecular complexity index is 1210. The third kappa shape index (κ3) is 4.41. The Hall–Kier alpha value is -4.00. The standard InChI is InChI=1S/C27H26N4O3/c32-24(18-31-26(33)22-13-7-8-14-23(22)27(31)34)28-15-21-17-30(16-19-9-3-1-4-10-19)29-25(21)20-11-5-2-6-12-20/h1-12,17,22-23H,13-16,18H2,(H,28,32)/t22-,23-/m0/s1. The zero-order valence-electron chi connectivity index (χ0n) is 18.8. The normalized spacial score (nSPS) is 19.4. The second kappa shape index (κ2) is 9.47. The lowest BCUT2D eigenvalue weighted by Gasteiger charge is -2.14. The van der Waals surface area contributed by atoms with Crippen molar-refractivity contribution in [3.05, 3.63) is 90.1 Å². The Kier molecular flexibility index (Phi) is 6.08. The first kappa shape index (κ1) is 21.8. The Labute approximate surface area is 198 Å². The van der Waals surface area contributed by atoms with Gasteiger partial charge in [-0.05, 0) is 18.4 Å². The molecular weight excluding hydrogens is 428 g/mol. The lowest BCUT2D eigenvalue weighted by molar-refractivity contribution is -0.143. The van der Waals surface area contributed by atoms with Gasteiger partial charge < -0.3 is 5.32 Å². The zero-order chi connectivity index (χ0) is 23.5. The summed E-state index contributed by atoms with van der Waals surface area (Å²) in [7, 11) is 0. The van der Waals surface area contributed by atoms with Crippen LogP contribution in [0.4, 0.5) is 0 Å². The third-order valence-corrected chi connectivity index (χ3v) is 6.45. The number of imide groups is 1. The number of carbonyl (C=O) groups is 3. The molecule has 5 rings (SSSR count). The Morgan fingerprint density at radius 1 is 0.912 bits per heavy atom. The fraction of sp³-hybridized carbons (Fsp3) is 0.259. The molecule has 0 radical (unpaired) electrons. The van der Waals surface area contributed by atoms with Crippen LogP contribution in [-0.4, -0.2) is 38.9 Å². The molecule has 1 aliphatic heterocycles. The smallest absolute Gasteiger partial charge is 0.240 e. The highest BCUT2D eigenvalue weighted by Crippen LogP contribution is 2.34. The molecule has 1 saturated heterocycles. The molecule has 2 aliphatic rings. The van der Waals surface area contributed by atoms with Gasteiger partial charge in [-0.25, -0.2) is 0 Å². The summed E-state index contributed by atoms with van der Waals surface area (Å²) < 4.78 is 1.87. The van der Waals surface area contributed by atoms with Crippen LogP contribution >= 0.6 is 0 Å². The molecule has 1 aliphatic carbocycles. The van der Waals surface area contributed by atoms with Gasteiger partial charge in [0.2, 0.25) is 17.7 Å². The van der Waals surface area contributed by atoms with Crippen LogP contribution in [0, 0.1) is 11.8 Å². The van der Waals surface area contributed by atoms with Gasteiger partial charge in [-0.1, -0.05) is 72.8 Å². The zero-order valence-corrected chi connectivity index (χ0v) is 18.8. The van der Waals surface area contributed by atoms with Gasteiger partial charge in [0.15, 0.2) is 0 Å². The van der Waals surface area contributed by atoms with E-state index in [2.05, 4.69) is 5.32 Å². The number of hydrogen-bond donors (Lipinski definition) is 1. The molecule has 1 fully saturated rings. The van der Waals surface area contributed by atoms with Gasteiger partial charge in [0, 0.05) is 23.9 Å². The minimum Gasteiger partial charge on any atom is -0.350 e. The molecule has 2 heterocycles. The lowest BCUT2D eigenvalue weighted by Crippen LogP contribution is -2.40. The highest BCUT2D eigenvalue weighted by molar-refractivity contribution is 6.07. The SMILES string of the molecule is O=C(CN1C(=O)[C@H]2CC=CC[C@@H]2C1=O)NCc1cn(Cc2ccccc2)nc1-c1ccccc1. The van der Waals surface area contributed by atoms with E-state index in [4.69, 9.17) is 5.10 Å². The molecule has 0 bridgehead atoms. The first-order chi connectivity index (χ1) is 16.6. The number of likely N-dealkylation sites (tertiary alicyclic amines) is 1. The number of benzene rings is 2. The molecule has 7 heteroatoms. The van der Waals surface area contributed by atoms with Crippen molar-refractivity contribution in [2.45, 2.75) is 25.9 Å². The topological polar surface area (TPSA) is 84.3 Å². The molecule has 3 aromatic rings. The van der Waals surface area contributed by atoms with Crippen LogP contribution < -0.4 is 5.32 Å². The second-order valence-corrected chi connectivity index (χ2v) is 8.75. The van der Waals surface area contributed by atoms with E-state index in [9.17, 15) is 14.4 Å². The maximum absolute atomic E-state index is 12.7. The number of amides is 3. The quantitative estimate of drug-likeness (QED) is 0.439. The number of nitrogens with zero attached hydrogens (tertiary/aromatic N) is 3. The summed E-state index contributed by atoms with van der Waals surface area (Å²) in [6.07, 6.45) is 6.94. The minimum absolute atomic E-state index is 0.241. The van der Waals surface area contributed by atoms with Crippen molar-refractivity contribution in [3.63, 3.8) is 0 Å². The van der Waals surface area contributed by atoms with Crippen LogP contribution in [0.25, 0.3) is 11.3 Å². The molecule has 3 amide bonds. The van der Waals surface area contributed by atoms with Crippen molar-refractivity contribution in [1.29, 1.82) is 0 Å². The van der Waals surface area contributed by atoms with Gasteiger partial charge in [0.05, 0.1) is 24.1 Å². The highest BCUT2D eigenvalue weighted by Gasteiger charge is 2.47. The average Bonchev–Trinajstić information content (AvgIpc) is 3.38. The van der Waals surface area contributed by atoms with Crippen molar-refractivity contribution >= 4 is 17.7 Å². The number of hydrogen-bond acceptors (Lipinski definition) is 4. The van der Waals surface area contributed by atoms with Crippen molar-refractivity contribution in [3.8, 4) is 11.3 Å². The number of fused-ring (bicyclic) bond motifs is 1. The number of rotatable bonds is 7. The molecule has 2 aromatic carbocycles. The second-order valence-electron chi connectivity index (χ2n) is 8.75. The van der Waals surface area contributed by atoms with Crippen LogP contribution in [0.2, 0.25) is 0 Å². The van der Waals surface area contributed by atoms with E-state index >= 15 is 0 Å². The molecule has 2 atom stereocenters. The van der Waals surface area contributed by atoms with E-state index in [-0.39, 0.29) is 42.6 Å². The van der Waals surface area contributed by atoms with Crippen molar-refractivity contribution < 1.29 is 14.4 Å². The van der Waals surface area contributed by atoms with Gasteiger partial charge in [0.25, 0.3) is 0 Å². The lowest BCUT2D eigenvalue weighted by atomic mass is 9.85. The summed E-state index contributed by atoms with van der Waals surface area (Å²) >= 11 is 0. The van der Waals surface area contributed by atoms with Gasteiger partial charge in [0.1, 0.15) is 6.54 Å². The van der Waals surface area contributed by atoms with E-state index in [1.54, 1.807) is 0 Å². The van der Waals surface area contributed by atoms with Gasteiger partial charge in [-0.15, -0.1) is 0 Å².